The van der Waals surface area contributed by atoms with Crippen LogP contribution in [0.15, 0.2) is 18.2 Å². The van der Waals surface area contributed by atoms with Gasteiger partial charge in [0.1, 0.15) is 17.3 Å². The van der Waals surface area contributed by atoms with Crippen molar-refractivity contribution in [3.8, 4) is 0 Å². The Morgan fingerprint density at radius 2 is 1.76 bits per heavy atom. The standard InChI is InChI=1S/C13H18F2N2/c14-11-2-1-3-12(15)13(11)17-8-5-10(4-7-16)6-9-17/h1-3,10H,4-9,16H2. The topological polar surface area (TPSA) is 29.3 Å². The zero-order valence-corrected chi connectivity index (χ0v) is 9.83. The number of benzene rings is 1. The lowest BCUT2D eigenvalue weighted by Crippen LogP contribution is -2.35. The second kappa shape index (κ2) is 5.45. The number of nitrogens with zero attached hydrogens (tertiary/aromatic N) is 1. The molecule has 1 aliphatic rings. The molecular formula is C13H18F2N2. The van der Waals surface area contributed by atoms with Crippen LogP contribution in [0, 0.1) is 17.6 Å². The molecule has 2 nitrogen and oxygen atoms in total. The Morgan fingerprint density at radius 3 is 2.29 bits per heavy atom. The van der Waals surface area contributed by atoms with Gasteiger partial charge in [0.15, 0.2) is 0 Å². The Balaban J connectivity index is 2.05. The number of hydrogen-bond acceptors (Lipinski definition) is 2. The van der Waals surface area contributed by atoms with E-state index in [1.54, 1.807) is 4.90 Å². The van der Waals surface area contributed by atoms with Gasteiger partial charge >= 0.3 is 0 Å². The summed E-state index contributed by atoms with van der Waals surface area (Å²) in [5, 5.41) is 0. The lowest BCUT2D eigenvalue weighted by molar-refractivity contribution is 0.381. The van der Waals surface area contributed by atoms with Gasteiger partial charge in [-0.2, -0.15) is 0 Å². The van der Waals surface area contributed by atoms with E-state index < -0.39 is 11.6 Å². The first-order valence-electron chi connectivity index (χ1n) is 6.11. The van der Waals surface area contributed by atoms with Crippen molar-refractivity contribution >= 4 is 5.69 Å². The van der Waals surface area contributed by atoms with E-state index in [9.17, 15) is 8.78 Å². The van der Waals surface area contributed by atoms with Crippen molar-refractivity contribution in [1.82, 2.24) is 0 Å². The highest BCUT2D eigenvalue weighted by atomic mass is 19.1. The molecule has 0 unspecified atom stereocenters. The van der Waals surface area contributed by atoms with Gasteiger partial charge in [0.2, 0.25) is 0 Å². The van der Waals surface area contributed by atoms with Crippen LogP contribution in [0.5, 0.6) is 0 Å². The van der Waals surface area contributed by atoms with E-state index in [4.69, 9.17) is 5.73 Å². The Labute approximate surface area is 100 Å². The monoisotopic (exact) mass is 240 g/mol. The highest BCUT2D eigenvalue weighted by molar-refractivity contribution is 5.49. The summed E-state index contributed by atoms with van der Waals surface area (Å²) < 4.78 is 27.2. The van der Waals surface area contributed by atoms with Gasteiger partial charge in [-0.3, -0.25) is 0 Å². The summed E-state index contributed by atoms with van der Waals surface area (Å²) in [7, 11) is 0. The number of para-hydroxylation sites is 1. The summed E-state index contributed by atoms with van der Waals surface area (Å²) in [5.41, 5.74) is 5.64. The van der Waals surface area contributed by atoms with Crippen LogP contribution in [-0.4, -0.2) is 19.6 Å². The van der Waals surface area contributed by atoms with Crippen LogP contribution in [0.2, 0.25) is 0 Å². The maximum absolute atomic E-state index is 13.6. The average molecular weight is 240 g/mol. The van der Waals surface area contributed by atoms with E-state index in [0.29, 0.717) is 25.6 Å². The van der Waals surface area contributed by atoms with Crippen molar-refractivity contribution < 1.29 is 8.78 Å². The minimum atomic E-state index is -0.470. The number of hydrogen-bond donors (Lipinski definition) is 1. The van der Waals surface area contributed by atoms with Crippen molar-refractivity contribution in [3.05, 3.63) is 29.8 Å². The first kappa shape index (κ1) is 12.3. The van der Waals surface area contributed by atoms with Crippen molar-refractivity contribution in [3.63, 3.8) is 0 Å². The predicted octanol–water partition coefficient (Wildman–Crippen LogP) is 2.53. The molecule has 0 saturated carbocycles. The van der Waals surface area contributed by atoms with Gasteiger partial charge in [-0.1, -0.05) is 6.07 Å². The quantitative estimate of drug-likeness (QED) is 0.879. The molecule has 1 aromatic rings. The van der Waals surface area contributed by atoms with E-state index >= 15 is 0 Å². The van der Waals surface area contributed by atoms with Gasteiger partial charge in [-0.25, -0.2) is 8.78 Å². The van der Waals surface area contributed by atoms with Crippen LogP contribution in [0.1, 0.15) is 19.3 Å². The summed E-state index contributed by atoms with van der Waals surface area (Å²) in [5.74, 6) is -0.337. The minimum Gasteiger partial charge on any atom is -0.367 e. The third-order valence-corrected chi connectivity index (χ3v) is 3.44. The molecule has 2 rings (SSSR count). The highest BCUT2D eigenvalue weighted by Crippen LogP contribution is 2.28. The molecule has 0 bridgehead atoms. The predicted molar refractivity (Wildman–Crippen MR) is 65.0 cm³/mol. The smallest absolute Gasteiger partial charge is 0.149 e. The van der Waals surface area contributed by atoms with Crippen molar-refractivity contribution in [1.29, 1.82) is 0 Å². The summed E-state index contributed by atoms with van der Waals surface area (Å²) in [6.07, 6.45) is 2.93. The number of piperidine rings is 1. The lowest BCUT2D eigenvalue weighted by atomic mass is 9.93. The molecule has 0 spiro atoms. The van der Waals surface area contributed by atoms with Crippen LogP contribution >= 0.6 is 0 Å². The van der Waals surface area contributed by atoms with E-state index in [1.807, 2.05) is 0 Å². The molecule has 0 aliphatic carbocycles. The first-order chi connectivity index (χ1) is 8.22. The summed E-state index contributed by atoms with van der Waals surface area (Å²) >= 11 is 0. The van der Waals surface area contributed by atoms with E-state index in [0.717, 1.165) is 19.3 Å². The van der Waals surface area contributed by atoms with E-state index in [2.05, 4.69) is 0 Å². The van der Waals surface area contributed by atoms with Crippen molar-refractivity contribution in [2.75, 3.05) is 24.5 Å². The molecule has 94 valence electrons. The highest BCUT2D eigenvalue weighted by Gasteiger charge is 2.22. The second-order valence-corrected chi connectivity index (χ2v) is 4.58. The summed E-state index contributed by atoms with van der Waals surface area (Å²) in [4.78, 5) is 1.80. The Morgan fingerprint density at radius 1 is 1.18 bits per heavy atom. The van der Waals surface area contributed by atoms with Gasteiger partial charge in [0, 0.05) is 13.1 Å². The Kier molecular flexibility index (Phi) is 3.94. The van der Waals surface area contributed by atoms with Gasteiger partial charge < -0.3 is 10.6 Å². The van der Waals surface area contributed by atoms with Crippen LogP contribution in [-0.2, 0) is 0 Å². The fraction of sp³-hybridized carbons (Fsp3) is 0.538. The molecule has 1 aliphatic heterocycles. The van der Waals surface area contributed by atoms with Crippen LogP contribution < -0.4 is 10.6 Å². The zero-order chi connectivity index (χ0) is 12.3. The molecule has 1 aromatic carbocycles. The van der Waals surface area contributed by atoms with Gasteiger partial charge in [0.05, 0.1) is 0 Å². The molecule has 0 aromatic heterocycles. The maximum Gasteiger partial charge on any atom is 0.149 e. The average Bonchev–Trinajstić information content (AvgIpc) is 2.31. The number of halogens is 2. The van der Waals surface area contributed by atoms with Gasteiger partial charge in [-0.15, -0.1) is 0 Å². The molecule has 1 heterocycles. The first-order valence-corrected chi connectivity index (χ1v) is 6.11. The second-order valence-electron chi connectivity index (χ2n) is 4.58. The van der Waals surface area contributed by atoms with Crippen LogP contribution in [0.4, 0.5) is 14.5 Å². The molecule has 0 amide bonds. The summed E-state index contributed by atoms with van der Waals surface area (Å²) in [6.45, 7) is 2.11. The lowest BCUT2D eigenvalue weighted by Gasteiger charge is -2.33. The van der Waals surface area contributed by atoms with E-state index in [1.165, 1.54) is 18.2 Å². The Bertz CT molecular complexity index is 353. The normalized spacial score (nSPS) is 17.5. The molecule has 4 heteroatoms. The molecule has 1 fully saturated rings. The van der Waals surface area contributed by atoms with Crippen molar-refractivity contribution in [2.45, 2.75) is 19.3 Å². The zero-order valence-electron chi connectivity index (χ0n) is 9.83. The molecule has 17 heavy (non-hydrogen) atoms. The van der Waals surface area contributed by atoms with Crippen molar-refractivity contribution in [2.24, 2.45) is 11.7 Å². The third kappa shape index (κ3) is 2.75. The maximum atomic E-state index is 13.6. The van der Waals surface area contributed by atoms with E-state index in [-0.39, 0.29) is 5.69 Å². The van der Waals surface area contributed by atoms with Gasteiger partial charge in [0.25, 0.3) is 0 Å². The number of anilines is 1. The van der Waals surface area contributed by atoms with Crippen LogP contribution in [0.3, 0.4) is 0 Å². The SMILES string of the molecule is NCCC1CCN(c2c(F)cccc2F)CC1. The van der Waals surface area contributed by atoms with Gasteiger partial charge in [-0.05, 0) is 43.9 Å². The summed E-state index contributed by atoms with van der Waals surface area (Å²) in [6, 6.07) is 4.02. The molecule has 0 radical (unpaired) electrons. The largest absolute Gasteiger partial charge is 0.367 e. The molecule has 2 N–H and O–H groups in total. The minimum absolute atomic E-state index is 0.124. The Hall–Kier alpha value is -1.16. The molecule has 1 saturated heterocycles. The third-order valence-electron chi connectivity index (χ3n) is 3.44. The fourth-order valence-corrected chi connectivity index (χ4v) is 2.47. The van der Waals surface area contributed by atoms with Crippen LogP contribution in [0.25, 0.3) is 0 Å². The number of rotatable bonds is 3. The number of nitrogens with two attached hydrogens (primary N) is 1. The molecule has 0 atom stereocenters. The fourth-order valence-electron chi connectivity index (χ4n) is 2.47. The molecular weight excluding hydrogens is 222 g/mol.